The third kappa shape index (κ3) is 6.78. The van der Waals surface area contributed by atoms with Crippen molar-refractivity contribution in [2.45, 2.75) is 45.7 Å². The van der Waals surface area contributed by atoms with Crippen LogP contribution in [0.25, 0.3) is 22.0 Å². The van der Waals surface area contributed by atoms with Crippen LogP contribution in [-0.4, -0.2) is 73.0 Å². The van der Waals surface area contributed by atoms with Gasteiger partial charge in [0.1, 0.15) is 18.2 Å². The highest BCUT2D eigenvalue weighted by Gasteiger charge is 2.32. The first-order chi connectivity index (χ1) is 24.0. The van der Waals surface area contributed by atoms with Gasteiger partial charge in [0.2, 0.25) is 0 Å². The fourth-order valence-corrected chi connectivity index (χ4v) is 6.54. The van der Waals surface area contributed by atoms with Gasteiger partial charge in [-0.2, -0.15) is 10.2 Å². The molecule has 1 fully saturated rings. The average molecular weight is 678 g/mol. The number of allylic oxidation sites excluding steroid dienone is 3. The topological polar surface area (TPSA) is 132 Å². The molecule has 2 unspecified atom stereocenters. The van der Waals surface area contributed by atoms with Crippen molar-refractivity contribution in [1.82, 2.24) is 39.6 Å². The summed E-state index contributed by atoms with van der Waals surface area (Å²) >= 11 is 0. The van der Waals surface area contributed by atoms with Crippen LogP contribution in [0.15, 0.2) is 78.1 Å². The number of halogens is 1. The third-order valence-corrected chi connectivity index (χ3v) is 9.23. The van der Waals surface area contributed by atoms with Gasteiger partial charge < -0.3 is 15.4 Å². The van der Waals surface area contributed by atoms with Gasteiger partial charge in [0.15, 0.2) is 5.65 Å². The van der Waals surface area contributed by atoms with Gasteiger partial charge in [0, 0.05) is 69.5 Å². The fraction of sp³-hybridized carbons (Fsp3) is 0.351. The number of carbonyl (C=O) groups is 1. The maximum absolute atomic E-state index is 15.6. The Morgan fingerprint density at radius 2 is 1.94 bits per heavy atom. The number of nitrogens with zero attached hydrogens (tertiary/aromatic N) is 7. The van der Waals surface area contributed by atoms with Crippen LogP contribution in [0.2, 0.25) is 0 Å². The number of pyridine rings is 1. The number of aromatic nitrogens is 6. The Kier molecular flexibility index (Phi) is 9.02. The summed E-state index contributed by atoms with van der Waals surface area (Å²) in [6.07, 6.45) is 12.3. The number of nitrogens with one attached hydrogen (secondary N) is 2. The van der Waals surface area contributed by atoms with Crippen LogP contribution in [0.4, 0.5) is 15.9 Å². The van der Waals surface area contributed by atoms with Crippen molar-refractivity contribution in [3.8, 4) is 0 Å². The largest absolute Gasteiger partial charge is 0.465 e. The van der Waals surface area contributed by atoms with E-state index >= 15 is 4.39 Å². The summed E-state index contributed by atoms with van der Waals surface area (Å²) in [5.74, 6) is -1.00. The van der Waals surface area contributed by atoms with Crippen LogP contribution in [0, 0.1) is 11.7 Å². The highest BCUT2D eigenvalue weighted by molar-refractivity contribution is 5.83. The minimum absolute atomic E-state index is 0.0420. The monoisotopic (exact) mass is 677 g/mol. The van der Waals surface area contributed by atoms with E-state index in [4.69, 9.17) is 9.84 Å². The van der Waals surface area contributed by atoms with Gasteiger partial charge >= 0.3 is 5.97 Å². The molecular weight excluding hydrogens is 637 g/mol. The summed E-state index contributed by atoms with van der Waals surface area (Å²) in [4.78, 5) is 37.6. The SMILES string of the molecule is CC(=O)OCC1C(c2cc(Nc3ccc(CN4CCNCC4)cn3)c3nccn3n2)=CC=CC1n1ncc2cc(C(C)(C)C)cc(F)c2c1=O. The molecule has 0 bridgehead atoms. The van der Waals surface area contributed by atoms with E-state index in [0.717, 1.165) is 43.9 Å². The molecule has 0 radical (unpaired) electrons. The van der Waals surface area contributed by atoms with Crippen molar-refractivity contribution >= 4 is 39.5 Å². The van der Waals surface area contributed by atoms with Crippen molar-refractivity contribution in [1.29, 1.82) is 0 Å². The molecule has 0 spiro atoms. The van der Waals surface area contributed by atoms with Crippen molar-refractivity contribution in [2.75, 3.05) is 38.1 Å². The van der Waals surface area contributed by atoms with Crippen molar-refractivity contribution < 1.29 is 13.9 Å². The van der Waals surface area contributed by atoms with Crippen molar-refractivity contribution in [2.24, 2.45) is 5.92 Å². The smallest absolute Gasteiger partial charge is 0.302 e. The molecule has 50 heavy (non-hydrogen) atoms. The van der Waals surface area contributed by atoms with E-state index < -0.39 is 29.3 Å². The molecular formula is C37H40FN9O3. The molecule has 5 heterocycles. The number of ether oxygens (including phenoxy) is 1. The van der Waals surface area contributed by atoms with Gasteiger partial charge in [-0.25, -0.2) is 23.6 Å². The first-order valence-electron chi connectivity index (χ1n) is 16.8. The zero-order valence-corrected chi connectivity index (χ0v) is 28.6. The zero-order chi connectivity index (χ0) is 35.0. The van der Waals surface area contributed by atoms with E-state index in [1.54, 1.807) is 23.0 Å². The Hall–Kier alpha value is -5.27. The summed E-state index contributed by atoms with van der Waals surface area (Å²) in [5, 5.41) is 16.5. The van der Waals surface area contributed by atoms with Gasteiger partial charge in [-0.1, -0.05) is 45.1 Å². The van der Waals surface area contributed by atoms with Gasteiger partial charge in [-0.05, 0) is 46.4 Å². The predicted molar refractivity (Wildman–Crippen MR) is 190 cm³/mol. The molecule has 258 valence electrons. The van der Waals surface area contributed by atoms with Crippen molar-refractivity contribution in [3.05, 3.63) is 106 Å². The average Bonchev–Trinajstić information content (AvgIpc) is 3.57. The molecule has 7 rings (SSSR count). The predicted octanol–water partition coefficient (Wildman–Crippen LogP) is 4.79. The van der Waals surface area contributed by atoms with Gasteiger partial charge in [-0.3, -0.25) is 14.5 Å². The molecule has 2 atom stereocenters. The molecule has 5 aromatic rings. The minimum Gasteiger partial charge on any atom is -0.465 e. The molecule has 12 nitrogen and oxygen atoms in total. The molecule has 1 aliphatic heterocycles. The first kappa shape index (κ1) is 33.2. The normalized spacial score (nSPS) is 18.4. The van der Waals surface area contributed by atoms with Crippen LogP contribution in [-0.2, 0) is 21.5 Å². The van der Waals surface area contributed by atoms with Gasteiger partial charge in [-0.15, -0.1) is 0 Å². The first-order valence-corrected chi connectivity index (χ1v) is 16.8. The Morgan fingerprint density at radius 3 is 2.68 bits per heavy atom. The second-order valence-corrected chi connectivity index (χ2v) is 13.8. The number of rotatable bonds is 8. The molecule has 1 saturated heterocycles. The Bertz CT molecular complexity index is 2180. The van der Waals surface area contributed by atoms with Crippen molar-refractivity contribution in [3.63, 3.8) is 0 Å². The second-order valence-electron chi connectivity index (χ2n) is 13.8. The van der Waals surface area contributed by atoms with E-state index in [0.29, 0.717) is 33.8 Å². The number of imidazole rings is 1. The number of fused-ring (bicyclic) bond motifs is 2. The number of hydrogen-bond acceptors (Lipinski definition) is 10. The second kappa shape index (κ2) is 13.6. The summed E-state index contributed by atoms with van der Waals surface area (Å²) in [6.45, 7) is 12.0. The summed E-state index contributed by atoms with van der Waals surface area (Å²) in [7, 11) is 0. The van der Waals surface area contributed by atoms with Crippen LogP contribution >= 0.6 is 0 Å². The number of benzene rings is 1. The molecule has 0 saturated carbocycles. The maximum Gasteiger partial charge on any atom is 0.302 e. The van der Waals surface area contributed by atoms with E-state index in [9.17, 15) is 9.59 Å². The van der Waals surface area contributed by atoms with Crippen LogP contribution in [0.1, 0.15) is 50.6 Å². The van der Waals surface area contributed by atoms with Crippen LogP contribution in [0.3, 0.4) is 0 Å². The lowest BCUT2D eigenvalue weighted by Crippen LogP contribution is -2.42. The standard InChI is InChI=1S/C37H40FN9O3/c1-23(48)50-22-28-27(6-5-7-32(28)47-36(49)34-25(20-42-47)16-26(17-29(34)38)37(2,3)4)30-18-31(35-40-12-15-46(35)44-30)43-33-9-8-24(19-41-33)21-45-13-10-39-11-14-45/h5-9,12,15-20,28,32,39H,10-11,13-14,21-22H2,1-4H3,(H,41,43). The molecule has 2 N–H and O–H groups in total. The zero-order valence-electron chi connectivity index (χ0n) is 28.6. The lowest BCUT2D eigenvalue weighted by Gasteiger charge is -2.30. The summed E-state index contributed by atoms with van der Waals surface area (Å²) in [6, 6.07) is 8.40. The van der Waals surface area contributed by atoms with Gasteiger partial charge in [0.25, 0.3) is 5.56 Å². The maximum atomic E-state index is 15.6. The molecule has 4 aromatic heterocycles. The Labute approximate surface area is 288 Å². The molecule has 1 aromatic carbocycles. The Balaban J connectivity index is 1.23. The number of anilines is 2. The number of esters is 1. The molecule has 2 aliphatic rings. The summed E-state index contributed by atoms with van der Waals surface area (Å²) in [5.41, 5.74) is 3.54. The minimum atomic E-state index is -0.700. The Morgan fingerprint density at radius 1 is 1.12 bits per heavy atom. The van der Waals surface area contributed by atoms with E-state index in [1.165, 1.54) is 23.9 Å². The molecule has 1 aliphatic carbocycles. The van der Waals surface area contributed by atoms with E-state index in [-0.39, 0.29) is 17.4 Å². The lowest BCUT2D eigenvalue weighted by molar-refractivity contribution is -0.142. The fourth-order valence-electron chi connectivity index (χ4n) is 6.54. The van der Waals surface area contributed by atoms with E-state index in [2.05, 4.69) is 36.7 Å². The van der Waals surface area contributed by atoms with E-state index in [1.807, 2.05) is 57.3 Å². The highest BCUT2D eigenvalue weighted by Crippen LogP contribution is 2.37. The van der Waals surface area contributed by atoms with Crippen LogP contribution in [0.5, 0.6) is 0 Å². The quantitative estimate of drug-likeness (QED) is 0.221. The third-order valence-electron chi connectivity index (χ3n) is 9.23. The summed E-state index contributed by atoms with van der Waals surface area (Å²) < 4.78 is 24.0. The number of carbonyl (C=O) groups excluding carboxylic acids is 1. The molecule has 0 amide bonds. The lowest BCUT2D eigenvalue weighted by atomic mass is 9.85. The van der Waals surface area contributed by atoms with Crippen LogP contribution < -0.4 is 16.2 Å². The number of hydrogen-bond donors (Lipinski definition) is 2. The highest BCUT2D eigenvalue weighted by atomic mass is 19.1. The molecule has 13 heteroatoms. The number of piperazine rings is 1. The van der Waals surface area contributed by atoms with Gasteiger partial charge in [0.05, 0.1) is 29.0 Å².